The first-order valence-corrected chi connectivity index (χ1v) is 13.6. The lowest BCUT2D eigenvalue weighted by atomic mass is 9.70. The molecular weight excluding hydrogens is 478 g/mol. The number of hydrogen-bond acceptors (Lipinski definition) is 5. The highest BCUT2D eigenvalue weighted by atomic mass is 16.5. The van der Waals surface area contributed by atoms with E-state index in [1.54, 1.807) is 6.92 Å². The molecule has 0 radical (unpaired) electrons. The summed E-state index contributed by atoms with van der Waals surface area (Å²) in [6, 6.07) is 12.2. The van der Waals surface area contributed by atoms with E-state index < -0.39 is 17.6 Å². The summed E-state index contributed by atoms with van der Waals surface area (Å²) in [6.07, 6.45) is 1.62. The predicted molar refractivity (Wildman–Crippen MR) is 153 cm³/mol. The number of carbonyl (C=O) groups excluding carboxylic acids is 2. The molecule has 6 nitrogen and oxygen atoms in total. The molecule has 0 saturated heterocycles. The second-order valence-corrected chi connectivity index (χ2v) is 11.6. The zero-order valence-corrected chi connectivity index (χ0v) is 25.0. The summed E-state index contributed by atoms with van der Waals surface area (Å²) in [7, 11) is 1.33. The van der Waals surface area contributed by atoms with Crippen LogP contribution in [0.4, 0.5) is 0 Å². The average molecular weight is 526 g/mol. The molecular formula is C32H47NO5. The van der Waals surface area contributed by atoms with E-state index in [1.165, 1.54) is 12.7 Å². The minimum absolute atomic E-state index is 0.238. The third kappa shape index (κ3) is 6.58. The third-order valence-electron chi connectivity index (χ3n) is 8.09. The third-order valence-corrected chi connectivity index (χ3v) is 8.09. The molecule has 2 rings (SSSR count). The summed E-state index contributed by atoms with van der Waals surface area (Å²) in [5, 5.41) is 13.2. The lowest BCUT2D eigenvalue weighted by Gasteiger charge is -2.34. The number of esters is 1. The Kier molecular flexibility index (Phi) is 10.2. The number of aliphatic hydroxyl groups excluding tert-OH is 1. The van der Waals surface area contributed by atoms with Gasteiger partial charge in [-0.15, -0.1) is 0 Å². The van der Waals surface area contributed by atoms with Gasteiger partial charge in [0.1, 0.15) is 17.9 Å². The highest BCUT2D eigenvalue weighted by Gasteiger charge is 2.36. The Balaban J connectivity index is 2.39. The van der Waals surface area contributed by atoms with Gasteiger partial charge >= 0.3 is 5.97 Å². The molecule has 0 aromatic heterocycles. The summed E-state index contributed by atoms with van der Waals surface area (Å²) < 4.78 is 10.9. The fraction of sp³-hybridized carbons (Fsp3) is 0.562. The smallest absolute Gasteiger partial charge is 0.331 e. The average Bonchev–Trinajstić information content (AvgIpc) is 2.87. The van der Waals surface area contributed by atoms with Gasteiger partial charge in [0.15, 0.2) is 0 Å². The van der Waals surface area contributed by atoms with Crippen LogP contribution in [0.25, 0.3) is 0 Å². The SMILES string of the molecule is CCC(C)(NC(=O)c1ccc(C(CC)(CC)c2ccc(OCC(O)C(C)(C)C)c(C)c2)cc1C)C(=O)OC. The van der Waals surface area contributed by atoms with Crippen molar-refractivity contribution >= 4 is 11.9 Å². The number of benzene rings is 2. The zero-order valence-electron chi connectivity index (χ0n) is 25.0. The van der Waals surface area contributed by atoms with Gasteiger partial charge in [-0.3, -0.25) is 4.79 Å². The lowest BCUT2D eigenvalue weighted by Crippen LogP contribution is -2.52. The van der Waals surface area contributed by atoms with Crippen LogP contribution in [0, 0.1) is 19.3 Å². The minimum Gasteiger partial charge on any atom is -0.491 e. The van der Waals surface area contributed by atoms with Crippen molar-refractivity contribution in [2.45, 2.75) is 98.6 Å². The van der Waals surface area contributed by atoms with Crippen LogP contribution < -0.4 is 10.1 Å². The van der Waals surface area contributed by atoms with Crippen LogP contribution in [-0.4, -0.2) is 42.3 Å². The molecule has 6 heteroatoms. The Morgan fingerprint density at radius 2 is 1.45 bits per heavy atom. The summed E-state index contributed by atoms with van der Waals surface area (Å²) in [5.41, 5.74) is 3.16. The van der Waals surface area contributed by atoms with Gasteiger partial charge < -0.3 is 19.9 Å². The summed E-state index contributed by atoms with van der Waals surface area (Å²) in [4.78, 5) is 25.4. The van der Waals surface area contributed by atoms with Gasteiger partial charge in [0, 0.05) is 11.0 Å². The van der Waals surface area contributed by atoms with Gasteiger partial charge in [-0.2, -0.15) is 0 Å². The minimum atomic E-state index is -1.09. The van der Waals surface area contributed by atoms with E-state index in [9.17, 15) is 14.7 Å². The van der Waals surface area contributed by atoms with Crippen LogP contribution in [0.5, 0.6) is 5.75 Å². The van der Waals surface area contributed by atoms with Crippen LogP contribution in [-0.2, 0) is 14.9 Å². The molecule has 2 unspecified atom stereocenters. The molecule has 210 valence electrons. The van der Waals surface area contributed by atoms with Gasteiger partial charge in [-0.05, 0) is 79.8 Å². The molecule has 0 bridgehead atoms. The fourth-order valence-electron chi connectivity index (χ4n) is 4.80. The maximum absolute atomic E-state index is 13.1. The quantitative estimate of drug-likeness (QED) is 0.338. The first-order valence-electron chi connectivity index (χ1n) is 13.6. The molecule has 0 aliphatic heterocycles. The van der Waals surface area contributed by atoms with Crippen LogP contribution in [0.1, 0.15) is 100 Å². The van der Waals surface area contributed by atoms with Gasteiger partial charge in [0.2, 0.25) is 0 Å². The fourth-order valence-corrected chi connectivity index (χ4v) is 4.80. The lowest BCUT2D eigenvalue weighted by molar-refractivity contribution is -0.147. The number of carbonyl (C=O) groups is 2. The maximum atomic E-state index is 13.1. The predicted octanol–water partition coefficient (Wildman–Crippen LogP) is 6.27. The molecule has 38 heavy (non-hydrogen) atoms. The number of amides is 1. The van der Waals surface area contributed by atoms with Crippen molar-refractivity contribution in [3.05, 3.63) is 64.2 Å². The number of aliphatic hydroxyl groups is 1. The van der Waals surface area contributed by atoms with E-state index in [0.29, 0.717) is 12.0 Å². The standard InChI is InChI=1S/C32H47NO5/c1-11-31(9,29(36)37-10)33-28(35)25-16-14-23(18-21(25)4)32(12-2,13-3)24-15-17-26(22(5)19-24)38-20-27(34)30(6,7)8/h14-19,27,34H,11-13,20H2,1-10H3,(H,33,35). The van der Waals surface area contributed by atoms with Crippen LogP contribution in [0.15, 0.2) is 36.4 Å². The molecule has 0 fully saturated rings. The van der Waals surface area contributed by atoms with E-state index in [4.69, 9.17) is 9.47 Å². The molecule has 1 amide bonds. The largest absolute Gasteiger partial charge is 0.491 e. The van der Waals surface area contributed by atoms with Gasteiger partial charge in [0.05, 0.1) is 13.2 Å². The summed E-state index contributed by atoms with van der Waals surface area (Å²) in [5.74, 6) is 0.0115. The zero-order chi connectivity index (χ0) is 28.9. The maximum Gasteiger partial charge on any atom is 0.331 e. The molecule has 0 aliphatic carbocycles. The topological polar surface area (TPSA) is 84.9 Å². The van der Waals surface area contributed by atoms with Crippen molar-refractivity contribution in [3.8, 4) is 5.75 Å². The number of nitrogens with one attached hydrogen (secondary N) is 1. The summed E-state index contributed by atoms with van der Waals surface area (Å²) >= 11 is 0. The van der Waals surface area contributed by atoms with Crippen molar-refractivity contribution < 1.29 is 24.2 Å². The Hall–Kier alpha value is -2.86. The van der Waals surface area contributed by atoms with E-state index in [0.717, 1.165) is 35.3 Å². The number of rotatable bonds is 11. The molecule has 0 spiro atoms. The molecule has 0 saturated carbocycles. The second-order valence-electron chi connectivity index (χ2n) is 11.6. The first kappa shape index (κ1) is 31.4. The first-order chi connectivity index (χ1) is 17.7. The number of aryl methyl sites for hydroxylation is 2. The molecule has 2 aromatic rings. The van der Waals surface area contributed by atoms with Crippen molar-refractivity contribution in [3.63, 3.8) is 0 Å². The number of ether oxygens (including phenoxy) is 2. The van der Waals surface area contributed by atoms with Gasteiger partial charge in [-0.25, -0.2) is 4.79 Å². The van der Waals surface area contributed by atoms with E-state index >= 15 is 0 Å². The van der Waals surface area contributed by atoms with Crippen molar-refractivity contribution in [1.82, 2.24) is 5.32 Å². The second kappa shape index (κ2) is 12.3. The van der Waals surface area contributed by atoms with Crippen LogP contribution in [0.2, 0.25) is 0 Å². The Morgan fingerprint density at radius 1 is 0.895 bits per heavy atom. The number of hydrogen-bond donors (Lipinski definition) is 2. The molecule has 2 N–H and O–H groups in total. The van der Waals surface area contributed by atoms with E-state index in [2.05, 4.69) is 37.4 Å². The molecule has 2 aromatic carbocycles. The highest BCUT2D eigenvalue weighted by Crippen LogP contribution is 2.41. The molecule has 0 aliphatic rings. The van der Waals surface area contributed by atoms with Crippen LogP contribution >= 0.6 is 0 Å². The Bertz CT molecular complexity index is 1130. The monoisotopic (exact) mass is 525 g/mol. The van der Waals surface area contributed by atoms with Gasteiger partial charge in [0.25, 0.3) is 5.91 Å². The Labute approximate surface area is 229 Å². The van der Waals surface area contributed by atoms with Crippen molar-refractivity contribution in [2.75, 3.05) is 13.7 Å². The van der Waals surface area contributed by atoms with Crippen molar-refractivity contribution in [1.29, 1.82) is 0 Å². The molecule has 2 atom stereocenters. The van der Waals surface area contributed by atoms with Crippen molar-refractivity contribution in [2.24, 2.45) is 5.41 Å². The van der Waals surface area contributed by atoms with Crippen LogP contribution in [0.3, 0.4) is 0 Å². The molecule has 0 heterocycles. The Morgan fingerprint density at radius 3 is 1.89 bits per heavy atom. The van der Waals surface area contributed by atoms with E-state index in [1.807, 2.05) is 59.7 Å². The van der Waals surface area contributed by atoms with Gasteiger partial charge in [-0.1, -0.05) is 65.8 Å². The normalized spacial score (nSPS) is 14.4. The number of methoxy groups -OCH3 is 1. The highest BCUT2D eigenvalue weighted by molar-refractivity contribution is 5.99. The summed E-state index contributed by atoms with van der Waals surface area (Å²) in [6.45, 7) is 18.1. The van der Waals surface area contributed by atoms with E-state index in [-0.39, 0.29) is 23.3 Å².